The largest absolute Gasteiger partial charge is 0.483 e. The van der Waals surface area contributed by atoms with Crippen molar-refractivity contribution in [1.82, 2.24) is 14.7 Å². The van der Waals surface area contributed by atoms with Crippen LogP contribution in [0, 0.1) is 0 Å². The molecule has 1 rings (SSSR count). The lowest BCUT2D eigenvalue weighted by Gasteiger charge is -2.43. The molecule has 0 spiro atoms. The van der Waals surface area contributed by atoms with E-state index in [1.54, 1.807) is 7.11 Å². The van der Waals surface area contributed by atoms with Crippen LogP contribution in [0.2, 0.25) is 0 Å². The van der Waals surface area contributed by atoms with Crippen molar-refractivity contribution in [2.24, 2.45) is 0 Å². The maximum atomic E-state index is 5.27. The van der Waals surface area contributed by atoms with Crippen LogP contribution >= 0.6 is 0 Å². The average molecular weight is 185 g/mol. The summed E-state index contributed by atoms with van der Waals surface area (Å²) in [7, 11) is 9.98. The van der Waals surface area contributed by atoms with Gasteiger partial charge in [0, 0.05) is 13.6 Å². The first-order valence-electron chi connectivity index (χ1n) is 4.41. The van der Waals surface area contributed by atoms with E-state index in [0.717, 1.165) is 12.4 Å². The number of methoxy groups -OCH3 is 1. The monoisotopic (exact) mass is 185 g/mol. The quantitative estimate of drug-likeness (QED) is 0.611. The highest BCUT2D eigenvalue weighted by Crippen LogP contribution is 2.17. The summed E-state index contributed by atoms with van der Waals surface area (Å²) >= 11 is 0. The van der Waals surface area contributed by atoms with E-state index in [9.17, 15) is 0 Å². The van der Waals surface area contributed by atoms with Crippen molar-refractivity contribution in [3.05, 3.63) is 12.0 Å². The second kappa shape index (κ2) is 3.98. The lowest BCUT2D eigenvalue weighted by Crippen LogP contribution is -2.55. The number of rotatable bonds is 2. The Bertz CT molecular complexity index is 203. The van der Waals surface area contributed by atoms with Gasteiger partial charge < -0.3 is 9.64 Å². The van der Waals surface area contributed by atoms with Crippen LogP contribution in [0.1, 0.15) is 0 Å². The van der Waals surface area contributed by atoms with Gasteiger partial charge in [-0.3, -0.25) is 9.80 Å². The van der Waals surface area contributed by atoms with Crippen molar-refractivity contribution in [3.63, 3.8) is 0 Å². The molecule has 1 aliphatic rings. The normalized spacial score (nSPS) is 24.9. The van der Waals surface area contributed by atoms with Crippen LogP contribution in [-0.4, -0.2) is 62.8 Å². The molecular weight excluding hydrogens is 166 g/mol. The zero-order valence-corrected chi connectivity index (χ0v) is 9.11. The third-order valence-corrected chi connectivity index (χ3v) is 2.31. The van der Waals surface area contributed by atoms with E-state index in [-0.39, 0.29) is 6.29 Å². The maximum Gasteiger partial charge on any atom is 0.188 e. The smallest absolute Gasteiger partial charge is 0.188 e. The molecule has 1 atom stereocenters. The van der Waals surface area contributed by atoms with E-state index >= 15 is 0 Å². The molecule has 0 saturated carbocycles. The lowest BCUT2D eigenvalue weighted by atomic mass is 10.4. The van der Waals surface area contributed by atoms with Crippen molar-refractivity contribution in [2.45, 2.75) is 6.29 Å². The first kappa shape index (κ1) is 10.3. The molecule has 13 heavy (non-hydrogen) atoms. The lowest BCUT2D eigenvalue weighted by molar-refractivity contribution is -0.0403. The summed E-state index contributed by atoms with van der Waals surface area (Å²) in [6.45, 7) is 0.927. The molecular formula is C9H19N3O. The molecule has 1 heterocycles. The van der Waals surface area contributed by atoms with Gasteiger partial charge in [-0.15, -0.1) is 0 Å². The molecule has 0 aliphatic carbocycles. The number of nitrogens with zero attached hydrogens (tertiary/aromatic N) is 3. The Morgan fingerprint density at radius 3 is 2.54 bits per heavy atom. The first-order chi connectivity index (χ1) is 6.07. The number of hydrogen-bond acceptors (Lipinski definition) is 4. The summed E-state index contributed by atoms with van der Waals surface area (Å²) < 4.78 is 5.27. The second-order valence-corrected chi connectivity index (χ2v) is 3.61. The second-order valence-electron chi connectivity index (χ2n) is 3.61. The van der Waals surface area contributed by atoms with Crippen LogP contribution in [0.5, 0.6) is 0 Å². The summed E-state index contributed by atoms with van der Waals surface area (Å²) in [6.07, 6.45) is 2.36. The van der Waals surface area contributed by atoms with Gasteiger partial charge in [-0.1, -0.05) is 0 Å². The fourth-order valence-electron chi connectivity index (χ4n) is 1.84. The van der Waals surface area contributed by atoms with Gasteiger partial charge in [0.25, 0.3) is 0 Å². The van der Waals surface area contributed by atoms with Gasteiger partial charge in [0.05, 0.1) is 7.11 Å². The van der Waals surface area contributed by atoms with E-state index in [1.165, 1.54) is 0 Å². The molecule has 0 radical (unpaired) electrons. The van der Waals surface area contributed by atoms with Gasteiger partial charge in [-0.05, 0) is 27.2 Å². The van der Waals surface area contributed by atoms with Crippen molar-refractivity contribution in [2.75, 3.05) is 41.8 Å². The van der Waals surface area contributed by atoms with Gasteiger partial charge in [-0.25, -0.2) is 0 Å². The Hall–Kier alpha value is -0.740. The molecule has 0 fully saturated rings. The molecule has 0 aromatic rings. The molecule has 0 bridgehead atoms. The number of likely N-dealkylation sites (N-methyl/N-ethyl adjacent to an activating group) is 1. The minimum atomic E-state index is 0.278. The number of ether oxygens (including phenoxy) is 1. The third-order valence-electron chi connectivity index (χ3n) is 2.31. The molecule has 0 N–H and O–H groups in total. The van der Waals surface area contributed by atoms with E-state index in [2.05, 4.69) is 41.9 Å². The highest BCUT2D eigenvalue weighted by molar-refractivity contribution is 4.99. The van der Waals surface area contributed by atoms with Crippen LogP contribution in [0.4, 0.5) is 0 Å². The van der Waals surface area contributed by atoms with Crippen LogP contribution in [0.25, 0.3) is 0 Å². The Labute approximate surface area is 80.4 Å². The van der Waals surface area contributed by atoms with Crippen LogP contribution in [0.3, 0.4) is 0 Å². The SMILES string of the molecule is COC1=CCN(C)C(N(C)C)N1C. The minimum Gasteiger partial charge on any atom is -0.483 e. The molecule has 1 aliphatic heterocycles. The summed E-state index contributed by atoms with van der Waals surface area (Å²) in [5, 5.41) is 0. The summed E-state index contributed by atoms with van der Waals surface area (Å²) in [5.41, 5.74) is 0. The first-order valence-corrected chi connectivity index (χ1v) is 4.41. The molecule has 0 aromatic carbocycles. The van der Waals surface area contributed by atoms with Gasteiger partial charge in [0.2, 0.25) is 0 Å². The van der Waals surface area contributed by atoms with Gasteiger partial charge in [-0.2, -0.15) is 0 Å². The van der Waals surface area contributed by atoms with Crippen molar-refractivity contribution < 1.29 is 4.74 Å². The van der Waals surface area contributed by atoms with Crippen molar-refractivity contribution in [1.29, 1.82) is 0 Å². The summed E-state index contributed by atoms with van der Waals surface area (Å²) in [5.74, 6) is 0.941. The van der Waals surface area contributed by atoms with E-state index in [4.69, 9.17) is 4.74 Å². The highest BCUT2D eigenvalue weighted by atomic mass is 16.5. The third kappa shape index (κ3) is 1.95. The Balaban J connectivity index is 2.79. The fourth-order valence-corrected chi connectivity index (χ4v) is 1.84. The zero-order valence-electron chi connectivity index (χ0n) is 9.11. The molecule has 0 amide bonds. The van der Waals surface area contributed by atoms with Gasteiger partial charge in [0.15, 0.2) is 5.88 Å². The van der Waals surface area contributed by atoms with Gasteiger partial charge >= 0.3 is 0 Å². The van der Waals surface area contributed by atoms with E-state index < -0.39 is 0 Å². The Kier molecular flexibility index (Phi) is 3.17. The van der Waals surface area contributed by atoms with E-state index in [0.29, 0.717) is 0 Å². The minimum absolute atomic E-state index is 0.278. The summed E-state index contributed by atoms with van der Waals surface area (Å²) in [6, 6.07) is 0. The molecule has 76 valence electrons. The van der Waals surface area contributed by atoms with Crippen LogP contribution in [0.15, 0.2) is 12.0 Å². The predicted molar refractivity (Wildman–Crippen MR) is 53.0 cm³/mol. The average Bonchev–Trinajstić information content (AvgIpc) is 2.04. The maximum absolute atomic E-state index is 5.27. The van der Waals surface area contributed by atoms with Crippen LogP contribution in [-0.2, 0) is 4.74 Å². The predicted octanol–water partition coefficient (Wildman–Crippen LogP) is 0.197. The van der Waals surface area contributed by atoms with Gasteiger partial charge in [0.1, 0.15) is 6.29 Å². The zero-order chi connectivity index (χ0) is 10.0. The van der Waals surface area contributed by atoms with Crippen molar-refractivity contribution in [3.8, 4) is 0 Å². The summed E-state index contributed by atoms with van der Waals surface area (Å²) in [4.78, 5) is 6.53. The molecule has 0 aromatic heterocycles. The van der Waals surface area contributed by atoms with E-state index in [1.807, 2.05) is 7.05 Å². The number of hydrogen-bond donors (Lipinski definition) is 0. The standard InChI is InChI=1S/C9H19N3O/c1-10(2)9-11(3)7-6-8(13-5)12(9)4/h6,9H,7H2,1-5H3. The molecule has 0 saturated heterocycles. The fraction of sp³-hybridized carbons (Fsp3) is 0.778. The Morgan fingerprint density at radius 1 is 1.46 bits per heavy atom. The molecule has 1 unspecified atom stereocenters. The van der Waals surface area contributed by atoms with Crippen molar-refractivity contribution >= 4 is 0 Å². The van der Waals surface area contributed by atoms with Crippen LogP contribution < -0.4 is 0 Å². The Morgan fingerprint density at radius 2 is 2.08 bits per heavy atom. The highest BCUT2D eigenvalue weighted by Gasteiger charge is 2.27. The molecule has 4 heteroatoms. The molecule has 4 nitrogen and oxygen atoms in total. The topological polar surface area (TPSA) is 19.0 Å².